The van der Waals surface area contributed by atoms with Crippen LogP contribution in [0.5, 0.6) is 0 Å². The molecule has 0 fully saturated rings. The van der Waals surface area contributed by atoms with Crippen LogP contribution in [0.15, 0.2) is 24.3 Å². The largest absolute Gasteiger partial charge is 0.416 e. The number of hydrogen-bond acceptors (Lipinski definition) is 3. The summed E-state index contributed by atoms with van der Waals surface area (Å²) in [5.41, 5.74) is 0.690. The predicted octanol–water partition coefficient (Wildman–Crippen LogP) is 3.51. The highest BCUT2D eigenvalue weighted by Gasteiger charge is 2.37. The molecule has 4 nitrogen and oxygen atoms in total. The third-order valence-corrected chi connectivity index (χ3v) is 4.70. The summed E-state index contributed by atoms with van der Waals surface area (Å²) in [5.74, 6) is 0.103. The molecule has 1 aromatic heterocycles. The molecule has 0 bridgehead atoms. The number of aryl methyl sites for hydroxylation is 1. The highest BCUT2D eigenvalue weighted by atomic mass is 32.2. The molecule has 1 aromatic carbocycles. The minimum Gasteiger partial charge on any atom is -0.308 e. The molecule has 0 radical (unpaired) electrons. The number of benzene rings is 1. The first-order chi connectivity index (χ1) is 10.4. The molecule has 8 heteroatoms. The molecule has 1 atom stereocenters. The molecule has 2 aromatic rings. The first-order valence-corrected chi connectivity index (χ1v) is 7.55. The van der Waals surface area contributed by atoms with Crippen molar-refractivity contribution >= 4 is 23.5 Å². The zero-order valence-electron chi connectivity index (χ0n) is 11.5. The standard InChI is InChI=1S/C14H12F3N3OS/c1-7-11-12(22-6-10(21)18-13(11)20-19-7)8-4-2-3-5-9(8)14(15,16)17/h2-5,12H,6H2,1H3,(H2,18,19,20,21). The number of carbonyl (C=O) groups excluding carboxylic acids is 1. The van der Waals surface area contributed by atoms with E-state index in [2.05, 4.69) is 15.5 Å². The Bertz CT molecular complexity index is 726. The number of anilines is 1. The topological polar surface area (TPSA) is 57.8 Å². The van der Waals surface area contributed by atoms with Gasteiger partial charge in [-0.05, 0) is 18.6 Å². The summed E-state index contributed by atoms with van der Waals surface area (Å²) in [6, 6.07) is 5.44. The number of nitrogens with zero attached hydrogens (tertiary/aromatic N) is 1. The van der Waals surface area contributed by atoms with Gasteiger partial charge in [0.05, 0.1) is 16.6 Å². The summed E-state index contributed by atoms with van der Waals surface area (Å²) in [5, 5.41) is 8.72. The fourth-order valence-electron chi connectivity index (χ4n) is 2.49. The summed E-state index contributed by atoms with van der Waals surface area (Å²) in [6.07, 6.45) is -4.45. The monoisotopic (exact) mass is 327 g/mol. The summed E-state index contributed by atoms with van der Waals surface area (Å²) in [4.78, 5) is 11.7. The number of aromatic amines is 1. The smallest absolute Gasteiger partial charge is 0.308 e. The maximum Gasteiger partial charge on any atom is 0.416 e. The summed E-state index contributed by atoms with van der Waals surface area (Å²) in [7, 11) is 0. The van der Waals surface area contributed by atoms with Crippen LogP contribution in [0.25, 0.3) is 0 Å². The van der Waals surface area contributed by atoms with Crippen LogP contribution in [0.1, 0.15) is 27.6 Å². The molecule has 0 aliphatic carbocycles. The maximum absolute atomic E-state index is 13.3. The normalized spacial score (nSPS) is 18.5. The van der Waals surface area contributed by atoms with Gasteiger partial charge in [-0.3, -0.25) is 9.89 Å². The lowest BCUT2D eigenvalue weighted by Gasteiger charge is -2.20. The van der Waals surface area contributed by atoms with E-state index in [-0.39, 0.29) is 17.2 Å². The SMILES string of the molecule is Cc1[nH]nc2c1C(c1ccccc1C(F)(F)F)SCC(=O)N2. The molecule has 3 rings (SSSR count). The third-order valence-electron chi connectivity index (χ3n) is 3.44. The van der Waals surface area contributed by atoms with Crippen molar-refractivity contribution in [3.05, 3.63) is 46.6 Å². The molecule has 116 valence electrons. The van der Waals surface area contributed by atoms with E-state index < -0.39 is 17.0 Å². The lowest BCUT2D eigenvalue weighted by molar-refractivity contribution is -0.138. The number of H-pyrrole nitrogens is 1. The van der Waals surface area contributed by atoms with E-state index in [1.807, 2.05) is 0 Å². The average molecular weight is 327 g/mol. The summed E-state index contributed by atoms with van der Waals surface area (Å²) < 4.78 is 39.8. The van der Waals surface area contributed by atoms with E-state index in [4.69, 9.17) is 0 Å². The zero-order valence-corrected chi connectivity index (χ0v) is 12.3. The Kier molecular flexibility index (Phi) is 3.64. The molecule has 1 aliphatic rings. The molecule has 0 saturated heterocycles. The lowest BCUT2D eigenvalue weighted by atomic mass is 9.98. The van der Waals surface area contributed by atoms with Crippen LogP contribution >= 0.6 is 11.8 Å². The number of carbonyl (C=O) groups is 1. The quantitative estimate of drug-likeness (QED) is 0.843. The zero-order chi connectivity index (χ0) is 15.9. The Morgan fingerprint density at radius 3 is 2.77 bits per heavy atom. The second-order valence-corrected chi connectivity index (χ2v) is 6.03. The molecule has 1 unspecified atom stereocenters. The van der Waals surface area contributed by atoms with Crippen molar-refractivity contribution in [2.75, 3.05) is 11.1 Å². The van der Waals surface area contributed by atoms with E-state index in [1.165, 1.54) is 12.1 Å². The highest BCUT2D eigenvalue weighted by Crippen LogP contribution is 2.46. The third kappa shape index (κ3) is 2.58. The lowest BCUT2D eigenvalue weighted by Crippen LogP contribution is -2.12. The van der Waals surface area contributed by atoms with Crippen molar-refractivity contribution in [1.29, 1.82) is 0 Å². The van der Waals surface area contributed by atoms with Gasteiger partial charge in [0.2, 0.25) is 5.91 Å². The Labute approximate surface area is 128 Å². The number of alkyl halides is 3. The Balaban J connectivity index is 2.17. The van der Waals surface area contributed by atoms with Crippen LogP contribution < -0.4 is 5.32 Å². The minimum absolute atomic E-state index is 0.0760. The predicted molar refractivity (Wildman–Crippen MR) is 77.7 cm³/mol. The van der Waals surface area contributed by atoms with Gasteiger partial charge in [-0.25, -0.2) is 0 Å². The van der Waals surface area contributed by atoms with Crippen LogP contribution in [-0.2, 0) is 11.0 Å². The van der Waals surface area contributed by atoms with Gasteiger partial charge in [0.25, 0.3) is 0 Å². The molecule has 1 amide bonds. The number of rotatable bonds is 1. The second-order valence-electron chi connectivity index (χ2n) is 4.94. The van der Waals surface area contributed by atoms with Gasteiger partial charge in [0, 0.05) is 11.3 Å². The van der Waals surface area contributed by atoms with E-state index >= 15 is 0 Å². The Hall–Kier alpha value is -1.96. The highest BCUT2D eigenvalue weighted by molar-refractivity contribution is 8.00. The van der Waals surface area contributed by atoms with Gasteiger partial charge in [0.15, 0.2) is 5.82 Å². The first-order valence-electron chi connectivity index (χ1n) is 6.50. The van der Waals surface area contributed by atoms with E-state index in [0.29, 0.717) is 17.1 Å². The number of halogens is 3. The summed E-state index contributed by atoms with van der Waals surface area (Å²) >= 11 is 1.16. The maximum atomic E-state index is 13.3. The fourth-order valence-corrected chi connectivity index (χ4v) is 3.72. The van der Waals surface area contributed by atoms with E-state index in [9.17, 15) is 18.0 Å². The van der Waals surface area contributed by atoms with Crippen LogP contribution in [0.3, 0.4) is 0 Å². The van der Waals surface area contributed by atoms with Crippen molar-refractivity contribution in [1.82, 2.24) is 10.2 Å². The van der Waals surface area contributed by atoms with Crippen molar-refractivity contribution in [2.45, 2.75) is 18.3 Å². The molecule has 2 N–H and O–H groups in total. The summed E-state index contributed by atoms with van der Waals surface area (Å²) in [6.45, 7) is 1.73. The second kappa shape index (κ2) is 5.35. The van der Waals surface area contributed by atoms with Crippen molar-refractivity contribution in [3.63, 3.8) is 0 Å². The first kappa shape index (κ1) is 15.0. The molecule has 0 saturated carbocycles. The number of aromatic nitrogens is 2. The minimum atomic E-state index is -4.45. The number of nitrogens with one attached hydrogen (secondary N) is 2. The van der Waals surface area contributed by atoms with Crippen LogP contribution in [0.2, 0.25) is 0 Å². The van der Waals surface area contributed by atoms with Crippen molar-refractivity contribution < 1.29 is 18.0 Å². The molecule has 22 heavy (non-hydrogen) atoms. The number of thioether (sulfide) groups is 1. The number of fused-ring (bicyclic) bond motifs is 1. The van der Waals surface area contributed by atoms with Crippen molar-refractivity contribution in [3.8, 4) is 0 Å². The van der Waals surface area contributed by atoms with Crippen LogP contribution in [0, 0.1) is 6.92 Å². The van der Waals surface area contributed by atoms with Gasteiger partial charge in [-0.2, -0.15) is 18.3 Å². The number of hydrogen-bond donors (Lipinski definition) is 2. The number of amides is 1. The van der Waals surface area contributed by atoms with Gasteiger partial charge in [-0.15, -0.1) is 11.8 Å². The average Bonchev–Trinajstić information content (AvgIpc) is 2.71. The Morgan fingerprint density at radius 2 is 2.05 bits per heavy atom. The molecule has 0 spiro atoms. The Morgan fingerprint density at radius 1 is 1.32 bits per heavy atom. The van der Waals surface area contributed by atoms with Gasteiger partial charge in [0.1, 0.15) is 0 Å². The van der Waals surface area contributed by atoms with Gasteiger partial charge in [-0.1, -0.05) is 18.2 Å². The molecular weight excluding hydrogens is 315 g/mol. The van der Waals surface area contributed by atoms with Crippen LogP contribution in [0.4, 0.5) is 19.0 Å². The van der Waals surface area contributed by atoms with E-state index in [1.54, 1.807) is 13.0 Å². The fraction of sp³-hybridized carbons (Fsp3) is 0.286. The molecular formula is C14H12F3N3OS. The van der Waals surface area contributed by atoms with Gasteiger partial charge >= 0.3 is 6.18 Å². The van der Waals surface area contributed by atoms with E-state index in [0.717, 1.165) is 17.8 Å². The van der Waals surface area contributed by atoms with Crippen LogP contribution in [-0.4, -0.2) is 21.9 Å². The molecule has 2 heterocycles. The van der Waals surface area contributed by atoms with Gasteiger partial charge < -0.3 is 5.32 Å². The van der Waals surface area contributed by atoms with Crippen molar-refractivity contribution in [2.24, 2.45) is 0 Å². The molecule has 1 aliphatic heterocycles.